The molecule has 3 nitrogen and oxygen atoms in total. The van der Waals surface area contributed by atoms with Gasteiger partial charge in [0.25, 0.3) is 0 Å². The summed E-state index contributed by atoms with van der Waals surface area (Å²) in [4.78, 5) is 4.88. The molecule has 0 fully saturated rings. The summed E-state index contributed by atoms with van der Waals surface area (Å²) in [6, 6.07) is 0.534. The molecule has 0 amide bonds. The minimum atomic E-state index is 0.302. The van der Waals surface area contributed by atoms with Gasteiger partial charge in [-0.15, -0.1) is 0 Å². The van der Waals surface area contributed by atoms with Crippen LogP contribution >= 0.6 is 0 Å². The maximum absolute atomic E-state index is 3.39. The number of hydrogen-bond donors (Lipinski definition) is 1. The van der Waals surface area contributed by atoms with Gasteiger partial charge in [0.1, 0.15) is 0 Å². The van der Waals surface area contributed by atoms with Crippen LogP contribution in [-0.4, -0.2) is 63.2 Å². The lowest BCUT2D eigenvalue weighted by molar-refractivity contribution is 0.126. The molecular formula is C15H35N3. The third kappa shape index (κ3) is 7.34. The highest BCUT2D eigenvalue weighted by Gasteiger charge is 2.27. The number of rotatable bonds is 9. The molecule has 0 aliphatic rings. The minimum absolute atomic E-state index is 0.302. The number of hydrogen-bond acceptors (Lipinski definition) is 3. The van der Waals surface area contributed by atoms with Crippen LogP contribution in [0.3, 0.4) is 0 Å². The minimum Gasteiger partial charge on any atom is -0.317 e. The first-order valence-electron chi connectivity index (χ1n) is 7.23. The van der Waals surface area contributed by atoms with Gasteiger partial charge in [0.2, 0.25) is 0 Å². The summed E-state index contributed by atoms with van der Waals surface area (Å²) in [5, 5.41) is 3.39. The molecule has 1 unspecified atom stereocenters. The Morgan fingerprint density at radius 3 is 2.00 bits per heavy atom. The molecule has 0 aliphatic carbocycles. The van der Waals surface area contributed by atoms with Crippen molar-refractivity contribution in [3.05, 3.63) is 0 Å². The molecule has 0 radical (unpaired) electrons. The molecule has 110 valence electrons. The zero-order chi connectivity index (χ0) is 14.3. The van der Waals surface area contributed by atoms with E-state index in [9.17, 15) is 0 Å². The van der Waals surface area contributed by atoms with Crippen LogP contribution in [0, 0.1) is 11.3 Å². The van der Waals surface area contributed by atoms with Crippen molar-refractivity contribution in [3.8, 4) is 0 Å². The van der Waals surface area contributed by atoms with E-state index in [1.807, 2.05) is 0 Å². The summed E-state index contributed by atoms with van der Waals surface area (Å²) in [5.41, 5.74) is 0.302. The summed E-state index contributed by atoms with van der Waals surface area (Å²) in [6.07, 6.45) is 0. The first-order chi connectivity index (χ1) is 8.19. The van der Waals surface area contributed by atoms with Crippen molar-refractivity contribution >= 4 is 0 Å². The molecule has 18 heavy (non-hydrogen) atoms. The summed E-state index contributed by atoms with van der Waals surface area (Å²) in [7, 11) is 6.35. The van der Waals surface area contributed by atoms with E-state index in [-0.39, 0.29) is 0 Å². The Labute approximate surface area is 115 Å². The van der Waals surface area contributed by atoms with Gasteiger partial charge in [0.15, 0.2) is 0 Å². The van der Waals surface area contributed by atoms with E-state index in [4.69, 9.17) is 0 Å². The van der Waals surface area contributed by atoms with E-state index in [0.29, 0.717) is 11.5 Å². The highest BCUT2D eigenvalue weighted by molar-refractivity contribution is 4.83. The van der Waals surface area contributed by atoms with Crippen molar-refractivity contribution in [1.29, 1.82) is 0 Å². The monoisotopic (exact) mass is 257 g/mol. The fourth-order valence-corrected chi connectivity index (χ4v) is 2.20. The molecule has 3 heteroatoms. The Balaban J connectivity index is 4.46. The van der Waals surface area contributed by atoms with Crippen molar-refractivity contribution in [1.82, 2.24) is 15.1 Å². The zero-order valence-corrected chi connectivity index (χ0v) is 13.9. The maximum Gasteiger partial charge on any atom is 0.0109 e. The van der Waals surface area contributed by atoms with Gasteiger partial charge in [-0.2, -0.15) is 0 Å². The number of nitrogens with one attached hydrogen (secondary N) is 1. The van der Waals surface area contributed by atoms with Crippen LogP contribution in [0.4, 0.5) is 0 Å². The standard InChI is InChI=1S/C15H35N3/c1-13(2)11-18(10-9-17(7)8)12-15(4,5)14(3)16-6/h13-14,16H,9-12H2,1-8H3. The number of nitrogens with zero attached hydrogens (tertiary/aromatic N) is 2. The van der Waals surface area contributed by atoms with E-state index < -0.39 is 0 Å². The molecule has 1 N–H and O–H groups in total. The fraction of sp³-hybridized carbons (Fsp3) is 1.00. The molecule has 0 saturated heterocycles. The SMILES string of the molecule is CNC(C)C(C)(C)CN(CCN(C)C)CC(C)C. The molecule has 0 heterocycles. The Hall–Kier alpha value is -0.120. The number of likely N-dealkylation sites (N-methyl/N-ethyl adjacent to an activating group) is 1. The van der Waals surface area contributed by atoms with Gasteiger partial charge in [0.05, 0.1) is 0 Å². The smallest absolute Gasteiger partial charge is 0.0109 e. The summed E-state index contributed by atoms with van der Waals surface area (Å²) >= 11 is 0. The van der Waals surface area contributed by atoms with Crippen molar-refractivity contribution < 1.29 is 0 Å². The second kappa shape index (κ2) is 8.13. The maximum atomic E-state index is 3.39. The van der Waals surface area contributed by atoms with Gasteiger partial charge in [-0.1, -0.05) is 27.7 Å². The first kappa shape index (κ1) is 17.9. The topological polar surface area (TPSA) is 18.5 Å². The van der Waals surface area contributed by atoms with Gasteiger partial charge in [-0.3, -0.25) is 0 Å². The third-order valence-electron chi connectivity index (χ3n) is 3.72. The molecule has 0 aromatic carbocycles. The largest absolute Gasteiger partial charge is 0.317 e. The highest BCUT2D eigenvalue weighted by atomic mass is 15.2. The molecule has 0 spiro atoms. The quantitative estimate of drug-likeness (QED) is 0.683. The van der Waals surface area contributed by atoms with E-state index in [1.54, 1.807) is 0 Å². The van der Waals surface area contributed by atoms with Gasteiger partial charge < -0.3 is 15.1 Å². The van der Waals surface area contributed by atoms with Crippen LogP contribution in [0.1, 0.15) is 34.6 Å². The lowest BCUT2D eigenvalue weighted by Gasteiger charge is -2.38. The van der Waals surface area contributed by atoms with Crippen LogP contribution < -0.4 is 5.32 Å². The molecule has 0 rings (SSSR count). The average molecular weight is 257 g/mol. The highest BCUT2D eigenvalue weighted by Crippen LogP contribution is 2.22. The predicted octanol–water partition coefficient (Wildman–Crippen LogP) is 2.14. The zero-order valence-electron chi connectivity index (χ0n) is 13.9. The van der Waals surface area contributed by atoms with Crippen LogP contribution in [-0.2, 0) is 0 Å². The Kier molecular flexibility index (Phi) is 8.08. The Morgan fingerprint density at radius 2 is 1.61 bits per heavy atom. The van der Waals surface area contributed by atoms with E-state index in [0.717, 1.165) is 25.6 Å². The summed E-state index contributed by atoms with van der Waals surface area (Å²) in [6.45, 7) is 16.2. The molecule has 0 bridgehead atoms. The van der Waals surface area contributed by atoms with E-state index in [1.165, 1.54) is 6.54 Å². The van der Waals surface area contributed by atoms with Gasteiger partial charge in [0, 0.05) is 32.2 Å². The van der Waals surface area contributed by atoms with E-state index >= 15 is 0 Å². The summed E-state index contributed by atoms with van der Waals surface area (Å²) in [5.74, 6) is 0.729. The first-order valence-corrected chi connectivity index (χ1v) is 7.23. The molecule has 1 atom stereocenters. The van der Waals surface area contributed by atoms with Crippen molar-refractivity contribution in [3.63, 3.8) is 0 Å². The van der Waals surface area contributed by atoms with Crippen molar-refractivity contribution in [2.45, 2.75) is 40.7 Å². The molecule has 0 aromatic rings. The van der Waals surface area contributed by atoms with Crippen LogP contribution in [0.5, 0.6) is 0 Å². The van der Waals surface area contributed by atoms with Crippen LogP contribution in [0.15, 0.2) is 0 Å². The Morgan fingerprint density at radius 1 is 1.06 bits per heavy atom. The molecule has 0 saturated carbocycles. The van der Waals surface area contributed by atoms with Gasteiger partial charge in [-0.05, 0) is 39.4 Å². The van der Waals surface area contributed by atoms with E-state index in [2.05, 4.69) is 70.9 Å². The molecular weight excluding hydrogens is 222 g/mol. The molecule has 0 aliphatic heterocycles. The fourth-order valence-electron chi connectivity index (χ4n) is 2.20. The van der Waals surface area contributed by atoms with Crippen LogP contribution in [0.25, 0.3) is 0 Å². The molecule has 0 aromatic heterocycles. The lowest BCUT2D eigenvalue weighted by atomic mass is 9.84. The average Bonchev–Trinajstić information content (AvgIpc) is 2.23. The third-order valence-corrected chi connectivity index (χ3v) is 3.72. The van der Waals surface area contributed by atoms with Crippen molar-refractivity contribution in [2.24, 2.45) is 11.3 Å². The lowest BCUT2D eigenvalue weighted by Crippen LogP contribution is -2.47. The Bertz CT molecular complexity index is 212. The van der Waals surface area contributed by atoms with Crippen molar-refractivity contribution in [2.75, 3.05) is 47.3 Å². The normalized spacial score (nSPS) is 14.8. The predicted molar refractivity (Wildman–Crippen MR) is 82.1 cm³/mol. The van der Waals surface area contributed by atoms with Crippen LogP contribution in [0.2, 0.25) is 0 Å². The van der Waals surface area contributed by atoms with Gasteiger partial charge >= 0.3 is 0 Å². The second-order valence-electron chi connectivity index (χ2n) is 6.93. The van der Waals surface area contributed by atoms with Gasteiger partial charge in [-0.25, -0.2) is 0 Å². The second-order valence-corrected chi connectivity index (χ2v) is 6.93. The summed E-state index contributed by atoms with van der Waals surface area (Å²) < 4.78 is 0.